The lowest BCUT2D eigenvalue weighted by Gasteiger charge is -2.26. The fraction of sp³-hybridized carbons (Fsp3) is 0.429. The van der Waals surface area contributed by atoms with Gasteiger partial charge in [-0.15, -0.1) is 12.3 Å². The number of hydrogen-bond donors (Lipinski definition) is 1. The minimum absolute atomic E-state index is 0.517. The summed E-state index contributed by atoms with van der Waals surface area (Å²) in [5.41, 5.74) is 2.97. The summed E-state index contributed by atoms with van der Waals surface area (Å²) in [4.78, 5) is 0. The Morgan fingerprint density at radius 2 is 2.27 bits per heavy atom. The van der Waals surface area contributed by atoms with Gasteiger partial charge in [0.25, 0.3) is 0 Å². The van der Waals surface area contributed by atoms with Crippen LogP contribution in [0.25, 0.3) is 0 Å². The third-order valence-electron chi connectivity index (χ3n) is 3.03. The summed E-state index contributed by atoms with van der Waals surface area (Å²) in [6, 6.07) is 9.25. The molecule has 0 aliphatic heterocycles. The molecular weight excluding hydrogens is 182 g/mol. The molecule has 0 heterocycles. The molecule has 0 aromatic heterocycles. The van der Waals surface area contributed by atoms with Gasteiger partial charge in [-0.25, -0.2) is 0 Å². The van der Waals surface area contributed by atoms with E-state index < -0.39 is 0 Å². The van der Waals surface area contributed by atoms with E-state index in [2.05, 4.69) is 35.5 Å². The first kappa shape index (κ1) is 10.3. The molecule has 2 rings (SSSR count). The maximum Gasteiger partial charge on any atom is 0.0323 e. The Balaban J connectivity index is 2.06. The zero-order valence-electron chi connectivity index (χ0n) is 9.00. The Bertz CT molecular complexity index is 362. The first-order chi connectivity index (χ1) is 7.42. The van der Waals surface area contributed by atoms with Gasteiger partial charge in [-0.05, 0) is 30.4 Å². The van der Waals surface area contributed by atoms with Crippen molar-refractivity contribution in [1.29, 1.82) is 0 Å². The maximum atomic E-state index is 5.25. The molecular formula is C14H17N. The highest BCUT2D eigenvalue weighted by Gasteiger charge is 2.18. The second-order valence-corrected chi connectivity index (χ2v) is 4.05. The van der Waals surface area contributed by atoms with Crippen molar-refractivity contribution in [2.24, 2.45) is 0 Å². The lowest BCUT2D eigenvalue weighted by Crippen LogP contribution is -2.25. The molecule has 1 aromatic rings. The van der Waals surface area contributed by atoms with Crippen molar-refractivity contribution in [2.45, 2.75) is 31.7 Å². The van der Waals surface area contributed by atoms with Crippen LogP contribution in [0.5, 0.6) is 0 Å². The lowest BCUT2D eigenvalue weighted by atomic mass is 9.88. The minimum atomic E-state index is 0.517. The molecule has 1 aliphatic carbocycles. The second-order valence-electron chi connectivity index (χ2n) is 4.05. The molecule has 0 bridgehead atoms. The molecule has 0 radical (unpaired) electrons. The molecule has 0 saturated carbocycles. The predicted octanol–water partition coefficient (Wildman–Crippen LogP) is 2.68. The van der Waals surface area contributed by atoms with Crippen LogP contribution in [0.4, 0.5) is 0 Å². The predicted molar refractivity (Wildman–Crippen MR) is 63.6 cm³/mol. The summed E-state index contributed by atoms with van der Waals surface area (Å²) < 4.78 is 0. The van der Waals surface area contributed by atoms with Crippen molar-refractivity contribution in [2.75, 3.05) is 6.54 Å². The summed E-state index contributed by atoms with van der Waals surface area (Å²) in [6.07, 6.45) is 9.81. The van der Waals surface area contributed by atoms with Crippen molar-refractivity contribution in [3.63, 3.8) is 0 Å². The third-order valence-corrected chi connectivity index (χ3v) is 3.03. The average molecular weight is 199 g/mol. The van der Waals surface area contributed by atoms with E-state index in [-0.39, 0.29) is 0 Å². The highest BCUT2D eigenvalue weighted by atomic mass is 14.9. The van der Waals surface area contributed by atoms with Gasteiger partial charge in [-0.1, -0.05) is 24.3 Å². The smallest absolute Gasteiger partial charge is 0.0323 e. The van der Waals surface area contributed by atoms with Crippen LogP contribution in [-0.4, -0.2) is 6.54 Å². The molecule has 0 amide bonds. The molecule has 1 atom stereocenters. The lowest BCUT2D eigenvalue weighted by molar-refractivity contribution is 0.466. The Hall–Kier alpha value is -1.26. The number of nitrogens with one attached hydrogen (secondary N) is 1. The number of fused-ring (bicyclic) bond motifs is 1. The normalized spacial score (nSPS) is 19.3. The third kappa shape index (κ3) is 2.40. The van der Waals surface area contributed by atoms with Crippen LogP contribution in [0.3, 0.4) is 0 Å². The highest BCUT2D eigenvalue weighted by molar-refractivity contribution is 5.32. The molecule has 0 fully saturated rings. The van der Waals surface area contributed by atoms with Crippen molar-refractivity contribution in [3.05, 3.63) is 35.4 Å². The quantitative estimate of drug-likeness (QED) is 0.583. The van der Waals surface area contributed by atoms with Crippen LogP contribution in [0.15, 0.2) is 24.3 Å². The molecule has 15 heavy (non-hydrogen) atoms. The van der Waals surface area contributed by atoms with Crippen LogP contribution in [0.1, 0.15) is 36.4 Å². The van der Waals surface area contributed by atoms with E-state index in [9.17, 15) is 0 Å². The van der Waals surface area contributed by atoms with E-state index in [0.29, 0.717) is 6.04 Å². The average Bonchev–Trinajstić information content (AvgIpc) is 2.30. The number of rotatable bonds is 3. The standard InChI is InChI=1S/C14H17N/c1-2-3-11-15-14-10-6-8-12-7-4-5-9-13(12)14/h1,4-5,7,9,14-15H,3,6,8,10-11H2. The Labute approximate surface area is 91.9 Å². The minimum Gasteiger partial charge on any atom is -0.309 e. The molecule has 1 N–H and O–H groups in total. The highest BCUT2D eigenvalue weighted by Crippen LogP contribution is 2.29. The van der Waals surface area contributed by atoms with Gasteiger partial charge in [0.15, 0.2) is 0 Å². The van der Waals surface area contributed by atoms with Gasteiger partial charge < -0.3 is 5.32 Å². The van der Waals surface area contributed by atoms with E-state index in [1.165, 1.54) is 30.4 Å². The SMILES string of the molecule is C#CCCNC1CCCc2ccccc21. The van der Waals surface area contributed by atoms with Gasteiger partial charge in [-0.2, -0.15) is 0 Å². The summed E-state index contributed by atoms with van der Waals surface area (Å²) in [6.45, 7) is 0.926. The molecule has 1 heteroatoms. The van der Waals surface area contributed by atoms with Crippen molar-refractivity contribution >= 4 is 0 Å². The molecule has 78 valence electrons. The fourth-order valence-corrected chi connectivity index (χ4v) is 2.28. The fourth-order valence-electron chi connectivity index (χ4n) is 2.28. The van der Waals surface area contributed by atoms with Crippen LogP contribution >= 0.6 is 0 Å². The van der Waals surface area contributed by atoms with Crippen LogP contribution in [-0.2, 0) is 6.42 Å². The summed E-state index contributed by atoms with van der Waals surface area (Å²) >= 11 is 0. The summed E-state index contributed by atoms with van der Waals surface area (Å²) in [7, 11) is 0. The molecule has 1 aliphatic rings. The topological polar surface area (TPSA) is 12.0 Å². The van der Waals surface area contributed by atoms with Crippen LogP contribution < -0.4 is 5.32 Å². The summed E-state index contributed by atoms with van der Waals surface area (Å²) in [5.74, 6) is 2.67. The van der Waals surface area contributed by atoms with E-state index >= 15 is 0 Å². The van der Waals surface area contributed by atoms with Gasteiger partial charge in [0.2, 0.25) is 0 Å². The van der Waals surface area contributed by atoms with E-state index in [1.807, 2.05) is 0 Å². The monoisotopic (exact) mass is 199 g/mol. The first-order valence-electron chi connectivity index (χ1n) is 5.66. The number of benzene rings is 1. The number of hydrogen-bond acceptors (Lipinski definition) is 1. The summed E-state index contributed by atoms with van der Waals surface area (Å²) in [5, 5.41) is 3.54. The zero-order valence-corrected chi connectivity index (χ0v) is 9.00. The second kappa shape index (κ2) is 5.00. The number of terminal acetylenes is 1. The molecule has 1 unspecified atom stereocenters. The van der Waals surface area contributed by atoms with E-state index in [0.717, 1.165) is 13.0 Å². The molecule has 0 saturated heterocycles. The molecule has 1 aromatic carbocycles. The van der Waals surface area contributed by atoms with Gasteiger partial charge in [-0.3, -0.25) is 0 Å². The zero-order chi connectivity index (χ0) is 10.5. The van der Waals surface area contributed by atoms with Crippen LogP contribution in [0, 0.1) is 12.3 Å². The maximum absolute atomic E-state index is 5.25. The first-order valence-corrected chi connectivity index (χ1v) is 5.66. The molecule has 0 spiro atoms. The van der Waals surface area contributed by atoms with Gasteiger partial charge in [0.1, 0.15) is 0 Å². The Kier molecular flexibility index (Phi) is 3.42. The van der Waals surface area contributed by atoms with Gasteiger partial charge in [0.05, 0.1) is 0 Å². The Morgan fingerprint density at radius 1 is 1.40 bits per heavy atom. The molecule has 1 nitrogen and oxygen atoms in total. The van der Waals surface area contributed by atoms with E-state index in [1.54, 1.807) is 0 Å². The van der Waals surface area contributed by atoms with Crippen LogP contribution in [0.2, 0.25) is 0 Å². The Morgan fingerprint density at radius 3 is 3.13 bits per heavy atom. The van der Waals surface area contributed by atoms with E-state index in [4.69, 9.17) is 6.42 Å². The van der Waals surface area contributed by atoms with Gasteiger partial charge in [0, 0.05) is 19.0 Å². The van der Waals surface area contributed by atoms with Crippen molar-refractivity contribution in [3.8, 4) is 12.3 Å². The van der Waals surface area contributed by atoms with Crippen molar-refractivity contribution < 1.29 is 0 Å². The van der Waals surface area contributed by atoms with Crippen molar-refractivity contribution in [1.82, 2.24) is 5.32 Å². The largest absolute Gasteiger partial charge is 0.309 e. The number of aryl methyl sites for hydroxylation is 1. The van der Waals surface area contributed by atoms with Gasteiger partial charge >= 0.3 is 0 Å².